The lowest BCUT2D eigenvalue weighted by molar-refractivity contribution is 0.700. The van der Waals surface area contributed by atoms with Crippen molar-refractivity contribution in [3.8, 4) is 0 Å². The number of nitrogens with two attached hydrogens (primary N) is 1. The molecule has 1 heterocycles. The van der Waals surface area contributed by atoms with Crippen molar-refractivity contribution in [2.45, 2.75) is 6.54 Å². The summed E-state index contributed by atoms with van der Waals surface area (Å²) in [5.41, 5.74) is 2.44. The largest absolute Gasteiger partial charge is 0.271 e. The van der Waals surface area contributed by atoms with Crippen LogP contribution in [0.25, 0.3) is 0 Å². The maximum absolute atomic E-state index is 5.54. The van der Waals surface area contributed by atoms with Gasteiger partial charge in [-0.05, 0) is 0 Å². The second kappa shape index (κ2) is 5.26. The smallest absolute Gasteiger partial charge is 0.143 e. The predicted octanol–water partition coefficient (Wildman–Crippen LogP) is 0.515. The van der Waals surface area contributed by atoms with Gasteiger partial charge in [-0.2, -0.15) is 0 Å². The fraction of sp³-hybridized carbons (Fsp3) is 0.200. The SMILES string of the molecule is Cl.NNCc1ncc(Cl)cn1. The Bertz CT molecular complexity index is 200. The number of nitrogens with zero attached hydrogens (tertiary/aromatic N) is 2. The molecular weight excluding hydrogens is 187 g/mol. The lowest BCUT2D eigenvalue weighted by Gasteiger charge is -1.95. The first-order valence-electron chi connectivity index (χ1n) is 2.73. The molecular formula is C5H8Cl2N4. The summed E-state index contributed by atoms with van der Waals surface area (Å²) in [5, 5.41) is 0.528. The number of hydrogen-bond donors (Lipinski definition) is 2. The summed E-state index contributed by atoms with van der Waals surface area (Å²) in [5.74, 6) is 5.67. The predicted molar refractivity (Wildman–Crippen MR) is 45.3 cm³/mol. The molecule has 4 nitrogen and oxygen atoms in total. The van der Waals surface area contributed by atoms with Crippen LogP contribution in [0.4, 0.5) is 0 Å². The van der Waals surface area contributed by atoms with E-state index >= 15 is 0 Å². The Morgan fingerprint density at radius 2 is 2.00 bits per heavy atom. The van der Waals surface area contributed by atoms with Gasteiger partial charge in [0.1, 0.15) is 5.82 Å². The molecule has 0 radical (unpaired) electrons. The van der Waals surface area contributed by atoms with E-state index in [1.807, 2.05) is 0 Å². The van der Waals surface area contributed by atoms with Gasteiger partial charge in [0.2, 0.25) is 0 Å². The average molecular weight is 195 g/mol. The van der Waals surface area contributed by atoms with Gasteiger partial charge in [0.05, 0.1) is 11.6 Å². The van der Waals surface area contributed by atoms with Gasteiger partial charge in [-0.25, -0.2) is 9.97 Å². The quantitative estimate of drug-likeness (QED) is 0.533. The van der Waals surface area contributed by atoms with E-state index in [9.17, 15) is 0 Å². The molecule has 0 saturated heterocycles. The van der Waals surface area contributed by atoms with Crippen LogP contribution in [0.3, 0.4) is 0 Å². The van der Waals surface area contributed by atoms with Gasteiger partial charge >= 0.3 is 0 Å². The Kier molecular flexibility index (Phi) is 5.06. The fourth-order valence-electron chi connectivity index (χ4n) is 0.522. The third kappa shape index (κ3) is 3.48. The highest BCUT2D eigenvalue weighted by atomic mass is 35.5. The zero-order chi connectivity index (χ0) is 7.40. The molecule has 0 aliphatic heterocycles. The van der Waals surface area contributed by atoms with E-state index in [4.69, 9.17) is 17.4 Å². The van der Waals surface area contributed by atoms with Gasteiger partial charge in [0.15, 0.2) is 0 Å². The van der Waals surface area contributed by atoms with Crippen molar-refractivity contribution in [1.29, 1.82) is 0 Å². The summed E-state index contributed by atoms with van der Waals surface area (Å²) in [4.78, 5) is 7.76. The third-order valence-electron chi connectivity index (χ3n) is 0.934. The molecule has 1 aromatic rings. The van der Waals surface area contributed by atoms with Gasteiger partial charge in [0.25, 0.3) is 0 Å². The minimum Gasteiger partial charge on any atom is -0.271 e. The molecule has 0 fully saturated rings. The van der Waals surface area contributed by atoms with Crippen LogP contribution in [0.5, 0.6) is 0 Å². The van der Waals surface area contributed by atoms with E-state index in [0.29, 0.717) is 17.4 Å². The van der Waals surface area contributed by atoms with Crippen LogP contribution in [-0.2, 0) is 6.54 Å². The molecule has 0 amide bonds. The van der Waals surface area contributed by atoms with Gasteiger partial charge in [-0.1, -0.05) is 11.6 Å². The Labute approximate surface area is 75.6 Å². The van der Waals surface area contributed by atoms with Gasteiger partial charge in [-0.3, -0.25) is 11.3 Å². The zero-order valence-corrected chi connectivity index (χ0v) is 7.19. The van der Waals surface area contributed by atoms with Crippen molar-refractivity contribution < 1.29 is 0 Å². The van der Waals surface area contributed by atoms with Crippen LogP contribution in [-0.4, -0.2) is 9.97 Å². The molecule has 3 N–H and O–H groups in total. The Morgan fingerprint density at radius 1 is 1.45 bits per heavy atom. The topological polar surface area (TPSA) is 63.8 Å². The van der Waals surface area contributed by atoms with E-state index in [1.54, 1.807) is 0 Å². The molecule has 0 saturated carbocycles. The molecule has 0 aliphatic carbocycles. The molecule has 0 atom stereocenters. The second-order valence-corrected chi connectivity index (χ2v) is 2.13. The Hall–Kier alpha value is -0.420. The van der Waals surface area contributed by atoms with Crippen molar-refractivity contribution in [3.63, 3.8) is 0 Å². The number of aromatic nitrogens is 2. The van der Waals surface area contributed by atoms with Crippen LogP contribution in [0, 0.1) is 0 Å². The number of nitrogens with one attached hydrogen (secondary N) is 1. The first-order valence-corrected chi connectivity index (χ1v) is 3.10. The van der Waals surface area contributed by atoms with Crippen LogP contribution >= 0.6 is 24.0 Å². The van der Waals surface area contributed by atoms with E-state index in [-0.39, 0.29) is 12.4 Å². The third-order valence-corrected chi connectivity index (χ3v) is 1.13. The monoisotopic (exact) mass is 194 g/mol. The molecule has 0 aliphatic rings. The van der Waals surface area contributed by atoms with Crippen LogP contribution in [0.1, 0.15) is 5.82 Å². The van der Waals surface area contributed by atoms with Crippen LogP contribution < -0.4 is 11.3 Å². The molecule has 6 heteroatoms. The molecule has 1 rings (SSSR count). The molecule has 0 aromatic carbocycles. The number of rotatable bonds is 2. The second-order valence-electron chi connectivity index (χ2n) is 1.70. The standard InChI is InChI=1S/C5H7ClN4.ClH/c6-4-1-8-5(3-10-7)9-2-4;/h1-2,10H,3,7H2;1H. The lowest BCUT2D eigenvalue weighted by Crippen LogP contribution is -2.22. The van der Waals surface area contributed by atoms with Crippen molar-refractivity contribution in [2.24, 2.45) is 5.84 Å². The Balaban J connectivity index is 0.000001000. The average Bonchev–Trinajstić information content (AvgIpc) is 1.95. The number of hydrogen-bond acceptors (Lipinski definition) is 4. The number of halogens is 2. The van der Waals surface area contributed by atoms with Crippen LogP contribution in [0.2, 0.25) is 5.02 Å². The van der Waals surface area contributed by atoms with Gasteiger partial charge in [0, 0.05) is 12.4 Å². The fourth-order valence-corrected chi connectivity index (χ4v) is 0.619. The van der Waals surface area contributed by atoms with E-state index in [0.717, 1.165) is 0 Å². The van der Waals surface area contributed by atoms with Crippen molar-refractivity contribution in [2.75, 3.05) is 0 Å². The van der Waals surface area contributed by atoms with Crippen LogP contribution in [0.15, 0.2) is 12.4 Å². The van der Waals surface area contributed by atoms with Crippen molar-refractivity contribution in [1.82, 2.24) is 15.4 Å². The van der Waals surface area contributed by atoms with E-state index in [1.165, 1.54) is 12.4 Å². The van der Waals surface area contributed by atoms with Crippen molar-refractivity contribution >= 4 is 24.0 Å². The van der Waals surface area contributed by atoms with E-state index in [2.05, 4.69) is 15.4 Å². The van der Waals surface area contributed by atoms with E-state index < -0.39 is 0 Å². The highest BCUT2D eigenvalue weighted by molar-refractivity contribution is 6.30. The summed E-state index contributed by atoms with van der Waals surface area (Å²) in [6.07, 6.45) is 3.06. The summed E-state index contributed by atoms with van der Waals surface area (Å²) in [6, 6.07) is 0. The minimum atomic E-state index is 0. The summed E-state index contributed by atoms with van der Waals surface area (Å²) < 4.78 is 0. The summed E-state index contributed by atoms with van der Waals surface area (Å²) >= 11 is 5.54. The lowest BCUT2D eigenvalue weighted by atomic mass is 10.5. The van der Waals surface area contributed by atoms with Crippen molar-refractivity contribution in [3.05, 3.63) is 23.2 Å². The molecule has 0 spiro atoms. The van der Waals surface area contributed by atoms with Gasteiger partial charge < -0.3 is 0 Å². The highest BCUT2D eigenvalue weighted by Crippen LogP contribution is 2.01. The van der Waals surface area contributed by atoms with Gasteiger partial charge in [-0.15, -0.1) is 12.4 Å². The highest BCUT2D eigenvalue weighted by Gasteiger charge is 1.92. The molecule has 1 aromatic heterocycles. The maximum atomic E-state index is 5.54. The Morgan fingerprint density at radius 3 is 2.45 bits per heavy atom. The normalized spacial score (nSPS) is 8.91. The maximum Gasteiger partial charge on any atom is 0.143 e. The molecule has 0 bridgehead atoms. The first kappa shape index (κ1) is 10.6. The minimum absolute atomic E-state index is 0. The summed E-state index contributed by atoms with van der Waals surface area (Å²) in [6.45, 7) is 0.456. The first-order chi connectivity index (χ1) is 4.83. The molecule has 62 valence electrons. The number of hydrazine groups is 1. The molecule has 0 unspecified atom stereocenters. The zero-order valence-electron chi connectivity index (χ0n) is 5.62. The summed E-state index contributed by atoms with van der Waals surface area (Å²) in [7, 11) is 0. The molecule has 11 heavy (non-hydrogen) atoms.